The molecular weight excluding hydrogens is 396 g/mol. The first-order valence-electron chi connectivity index (χ1n) is 9.62. The van der Waals surface area contributed by atoms with E-state index < -0.39 is 0 Å². The lowest BCUT2D eigenvalue weighted by molar-refractivity contribution is 0.590. The van der Waals surface area contributed by atoms with E-state index >= 15 is 0 Å². The molecule has 0 unspecified atom stereocenters. The number of H-pyrrole nitrogens is 1. The van der Waals surface area contributed by atoms with Crippen LogP contribution in [0.2, 0.25) is 0 Å². The molecule has 148 valence electrons. The third kappa shape index (κ3) is 4.31. The molecule has 0 aliphatic rings. The maximum atomic E-state index is 12.8. The summed E-state index contributed by atoms with van der Waals surface area (Å²) in [6.07, 6.45) is 0. The van der Waals surface area contributed by atoms with Crippen LogP contribution in [0.4, 0.5) is 0 Å². The van der Waals surface area contributed by atoms with Gasteiger partial charge in [0.15, 0.2) is 5.16 Å². The Morgan fingerprint density at radius 2 is 1.72 bits per heavy atom. The summed E-state index contributed by atoms with van der Waals surface area (Å²) in [6, 6.07) is 16.9. The van der Waals surface area contributed by atoms with Crippen molar-refractivity contribution in [3.05, 3.63) is 81.0 Å². The fourth-order valence-corrected chi connectivity index (χ4v) is 5.02. The quantitative estimate of drug-likeness (QED) is 0.301. The van der Waals surface area contributed by atoms with Crippen molar-refractivity contribution in [1.29, 1.82) is 0 Å². The average Bonchev–Trinajstić information content (AvgIpc) is 3.11. The summed E-state index contributed by atoms with van der Waals surface area (Å²) in [4.78, 5) is 21.2. The Morgan fingerprint density at radius 1 is 1.03 bits per heavy atom. The van der Waals surface area contributed by atoms with E-state index in [-0.39, 0.29) is 11.0 Å². The molecule has 2 aromatic heterocycles. The molecule has 4 aromatic rings. The molecule has 0 saturated carbocycles. The lowest BCUT2D eigenvalue weighted by Crippen LogP contribution is -2.10. The number of rotatable bonds is 4. The zero-order chi connectivity index (χ0) is 20.6. The van der Waals surface area contributed by atoms with Crippen molar-refractivity contribution in [2.75, 3.05) is 0 Å². The molecule has 0 saturated heterocycles. The highest BCUT2D eigenvalue weighted by molar-refractivity contribution is 7.98. The number of benzene rings is 2. The summed E-state index contributed by atoms with van der Waals surface area (Å²) in [5.74, 6) is 0.773. The maximum Gasteiger partial charge on any atom is 0.260 e. The molecule has 1 N–H and O–H groups in total. The number of aromatic amines is 1. The van der Waals surface area contributed by atoms with Gasteiger partial charge in [0.05, 0.1) is 5.39 Å². The second kappa shape index (κ2) is 7.81. The molecule has 3 nitrogen and oxygen atoms in total. The number of nitrogens with one attached hydrogen (secondary N) is 1. The highest BCUT2D eigenvalue weighted by Gasteiger charge is 2.14. The molecule has 4 rings (SSSR count). The van der Waals surface area contributed by atoms with Crippen LogP contribution < -0.4 is 5.56 Å². The van der Waals surface area contributed by atoms with Crippen LogP contribution in [-0.4, -0.2) is 9.97 Å². The largest absolute Gasteiger partial charge is 0.301 e. The molecule has 0 atom stereocenters. The fourth-order valence-electron chi connectivity index (χ4n) is 3.20. The molecule has 0 aliphatic carbocycles. The Balaban J connectivity index is 1.57. The van der Waals surface area contributed by atoms with E-state index in [4.69, 9.17) is 4.98 Å². The molecule has 0 bridgehead atoms. The van der Waals surface area contributed by atoms with Gasteiger partial charge < -0.3 is 4.98 Å². The van der Waals surface area contributed by atoms with Crippen molar-refractivity contribution in [2.45, 2.75) is 44.0 Å². The lowest BCUT2D eigenvalue weighted by Gasteiger charge is -2.19. The summed E-state index contributed by atoms with van der Waals surface area (Å²) >= 11 is 3.09. The average molecular weight is 421 g/mol. The van der Waals surface area contributed by atoms with E-state index in [1.54, 1.807) is 11.8 Å². The number of hydrogen-bond donors (Lipinski definition) is 1. The first kappa shape index (κ1) is 19.9. The van der Waals surface area contributed by atoms with Crippen molar-refractivity contribution in [3.63, 3.8) is 0 Å². The van der Waals surface area contributed by atoms with Gasteiger partial charge in [0.2, 0.25) is 0 Å². The maximum absolute atomic E-state index is 12.8. The van der Waals surface area contributed by atoms with Gasteiger partial charge in [-0.15, -0.1) is 11.3 Å². The smallest absolute Gasteiger partial charge is 0.260 e. The SMILES string of the molecule is Cc1ccc(-c2csc3nc(SCc4ccc(C(C)(C)C)cc4)[nH]c(=O)c23)cc1. The van der Waals surface area contributed by atoms with Crippen LogP contribution in [0.15, 0.2) is 63.9 Å². The standard InChI is InChI=1S/C24H24N2OS2/c1-15-5-9-17(10-6-15)19-14-28-22-20(19)21(27)25-23(26-22)29-13-16-7-11-18(12-8-16)24(2,3)4/h5-12,14H,13H2,1-4H3,(H,25,26,27). The van der Waals surface area contributed by atoms with Crippen molar-refractivity contribution >= 4 is 33.3 Å². The van der Waals surface area contributed by atoms with Gasteiger partial charge in [-0.05, 0) is 29.0 Å². The third-order valence-electron chi connectivity index (χ3n) is 4.98. The molecular formula is C24H24N2OS2. The van der Waals surface area contributed by atoms with Gasteiger partial charge >= 0.3 is 0 Å². The molecule has 0 fully saturated rings. The van der Waals surface area contributed by atoms with Gasteiger partial charge in [-0.25, -0.2) is 4.98 Å². The van der Waals surface area contributed by atoms with Crippen LogP contribution in [0.3, 0.4) is 0 Å². The van der Waals surface area contributed by atoms with Gasteiger partial charge in [0.25, 0.3) is 5.56 Å². The number of aromatic nitrogens is 2. The topological polar surface area (TPSA) is 45.8 Å². The Hall–Kier alpha value is -2.37. The summed E-state index contributed by atoms with van der Waals surface area (Å²) in [5, 5.41) is 3.37. The normalized spacial score (nSPS) is 11.9. The summed E-state index contributed by atoms with van der Waals surface area (Å²) in [7, 11) is 0. The molecule has 0 spiro atoms. The minimum absolute atomic E-state index is 0.0718. The van der Waals surface area contributed by atoms with E-state index in [9.17, 15) is 4.79 Å². The number of fused-ring (bicyclic) bond motifs is 1. The van der Waals surface area contributed by atoms with Gasteiger partial charge in [-0.2, -0.15) is 0 Å². The Morgan fingerprint density at radius 3 is 2.38 bits per heavy atom. The summed E-state index contributed by atoms with van der Waals surface area (Å²) in [6.45, 7) is 8.70. The lowest BCUT2D eigenvalue weighted by atomic mass is 9.87. The van der Waals surface area contributed by atoms with Crippen LogP contribution >= 0.6 is 23.1 Å². The first-order chi connectivity index (χ1) is 13.8. The van der Waals surface area contributed by atoms with E-state index in [1.165, 1.54) is 28.0 Å². The number of nitrogens with zero attached hydrogens (tertiary/aromatic N) is 1. The minimum Gasteiger partial charge on any atom is -0.301 e. The predicted molar refractivity (Wildman–Crippen MR) is 125 cm³/mol. The van der Waals surface area contributed by atoms with E-state index in [0.717, 1.165) is 21.7 Å². The highest BCUT2D eigenvalue weighted by Crippen LogP contribution is 2.32. The predicted octanol–water partition coefficient (Wildman–Crippen LogP) is 6.55. The molecule has 5 heteroatoms. The monoisotopic (exact) mass is 420 g/mol. The zero-order valence-corrected chi connectivity index (χ0v) is 18.7. The first-order valence-corrected chi connectivity index (χ1v) is 11.5. The minimum atomic E-state index is -0.0718. The number of aryl methyl sites for hydroxylation is 1. The van der Waals surface area contributed by atoms with Crippen LogP contribution in [0.25, 0.3) is 21.3 Å². The second-order valence-corrected chi connectivity index (χ2v) is 10.1. The summed E-state index contributed by atoms with van der Waals surface area (Å²) in [5.41, 5.74) is 5.82. The Labute approximate surface area is 179 Å². The summed E-state index contributed by atoms with van der Waals surface area (Å²) < 4.78 is 0. The van der Waals surface area contributed by atoms with E-state index in [1.807, 2.05) is 5.38 Å². The van der Waals surface area contributed by atoms with E-state index in [2.05, 4.69) is 81.2 Å². The molecule has 0 aliphatic heterocycles. The van der Waals surface area contributed by atoms with Crippen molar-refractivity contribution < 1.29 is 0 Å². The van der Waals surface area contributed by atoms with Crippen LogP contribution in [0.5, 0.6) is 0 Å². The molecule has 29 heavy (non-hydrogen) atoms. The van der Waals surface area contributed by atoms with Crippen LogP contribution in [0.1, 0.15) is 37.5 Å². The number of thioether (sulfide) groups is 1. The molecule has 0 radical (unpaired) electrons. The van der Waals surface area contributed by atoms with Crippen molar-refractivity contribution in [3.8, 4) is 11.1 Å². The number of hydrogen-bond acceptors (Lipinski definition) is 4. The van der Waals surface area contributed by atoms with Crippen molar-refractivity contribution in [2.24, 2.45) is 0 Å². The number of thiophene rings is 1. The third-order valence-corrected chi connectivity index (χ3v) is 6.80. The van der Waals surface area contributed by atoms with Gasteiger partial charge in [-0.1, -0.05) is 86.6 Å². The molecule has 2 aromatic carbocycles. The van der Waals surface area contributed by atoms with E-state index in [0.29, 0.717) is 10.5 Å². The zero-order valence-electron chi connectivity index (χ0n) is 17.1. The van der Waals surface area contributed by atoms with Crippen LogP contribution in [-0.2, 0) is 11.2 Å². The Kier molecular flexibility index (Phi) is 5.36. The van der Waals surface area contributed by atoms with Crippen molar-refractivity contribution in [1.82, 2.24) is 9.97 Å². The molecule has 0 amide bonds. The Bertz CT molecular complexity index is 1200. The highest BCUT2D eigenvalue weighted by atomic mass is 32.2. The fraction of sp³-hybridized carbons (Fsp3) is 0.250. The van der Waals surface area contributed by atoms with Gasteiger partial charge in [-0.3, -0.25) is 4.79 Å². The second-order valence-electron chi connectivity index (χ2n) is 8.30. The molecule has 2 heterocycles. The van der Waals surface area contributed by atoms with Gasteiger partial charge in [0, 0.05) is 16.7 Å². The van der Waals surface area contributed by atoms with Gasteiger partial charge in [0.1, 0.15) is 4.83 Å². The van der Waals surface area contributed by atoms with Crippen LogP contribution in [0, 0.1) is 6.92 Å².